The Morgan fingerprint density at radius 2 is 1.88 bits per heavy atom. The summed E-state index contributed by atoms with van der Waals surface area (Å²) in [6, 6.07) is 0. The topological polar surface area (TPSA) is 78.3 Å². The van der Waals surface area contributed by atoms with Gasteiger partial charge in [-0.25, -0.2) is 9.78 Å². The van der Waals surface area contributed by atoms with E-state index in [2.05, 4.69) is 4.98 Å². The molecule has 0 atom stereocenters. The molecule has 0 N–H and O–H groups in total. The van der Waals surface area contributed by atoms with E-state index in [0.717, 1.165) is 0 Å². The molecule has 0 unspecified atom stereocenters. The van der Waals surface area contributed by atoms with Crippen molar-refractivity contribution in [2.24, 2.45) is 7.05 Å². The highest BCUT2D eigenvalue weighted by atomic mass is 16.6. The van der Waals surface area contributed by atoms with Crippen LogP contribution in [0.5, 0.6) is 0 Å². The molecule has 0 aliphatic carbocycles. The Morgan fingerprint density at radius 1 is 1.29 bits per heavy atom. The number of esters is 1. The number of hydrogen-bond acceptors (Lipinski definition) is 5. The summed E-state index contributed by atoms with van der Waals surface area (Å²) in [5.74, 6) is -3.26. The van der Waals surface area contributed by atoms with Gasteiger partial charge in [-0.15, -0.1) is 0 Å². The van der Waals surface area contributed by atoms with Crippen molar-refractivity contribution in [1.29, 1.82) is 0 Å². The van der Waals surface area contributed by atoms with Crippen molar-refractivity contribution >= 4 is 17.5 Å². The van der Waals surface area contributed by atoms with Crippen LogP contribution in [0.4, 0.5) is 0 Å². The first kappa shape index (κ1) is 13.1. The molecular weight excluding hydrogens is 224 g/mol. The molecule has 0 bridgehead atoms. The predicted molar refractivity (Wildman–Crippen MR) is 58.4 cm³/mol. The molecule has 0 saturated carbocycles. The molecule has 0 fully saturated rings. The lowest BCUT2D eigenvalue weighted by atomic mass is 10.1. The van der Waals surface area contributed by atoms with Gasteiger partial charge < -0.3 is 9.30 Å². The van der Waals surface area contributed by atoms with Gasteiger partial charge in [-0.05, 0) is 20.8 Å². The molecule has 0 aromatic carbocycles. The van der Waals surface area contributed by atoms with Crippen molar-refractivity contribution in [1.82, 2.24) is 9.55 Å². The maximum absolute atomic E-state index is 11.6. The lowest BCUT2D eigenvalue weighted by Gasteiger charge is -2.18. The molecule has 0 spiro atoms. The third kappa shape index (κ3) is 3.24. The van der Waals surface area contributed by atoms with E-state index in [1.165, 1.54) is 17.1 Å². The van der Waals surface area contributed by atoms with Crippen LogP contribution in [0.3, 0.4) is 0 Å². The first-order chi connectivity index (χ1) is 7.72. The zero-order chi connectivity index (χ0) is 13.2. The Bertz CT molecular complexity index is 468. The van der Waals surface area contributed by atoms with Gasteiger partial charge in [0.05, 0.1) is 12.5 Å². The van der Waals surface area contributed by atoms with Crippen molar-refractivity contribution in [2.75, 3.05) is 0 Å². The van der Waals surface area contributed by atoms with Crippen LogP contribution in [-0.2, 0) is 21.4 Å². The molecule has 17 heavy (non-hydrogen) atoms. The summed E-state index contributed by atoms with van der Waals surface area (Å²) in [6.07, 6.45) is 2.60. The van der Waals surface area contributed by atoms with Gasteiger partial charge in [0.2, 0.25) is 0 Å². The van der Waals surface area contributed by atoms with Crippen molar-refractivity contribution in [3.05, 3.63) is 18.2 Å². The highest BCUT2D eigenvalue weighted by Gasteiger charge is 2.30. The van der Waals surface area contributed by atoms with Crippen molar-refractivity contribution in [2.45, 2.75) is 26.4 Å². The molecule has 6 heteroatoms. The van der Waals surface area contributed by atoms with Crippen molar-refractivity contribution < 1.29 is 19.1 Å². The zero-order valence-corrected chi connectivity index (χ0v) is 10.2. The van der Waals surface area contributed by atoms with Crippen LogP contribution in [0.2, 0.25) is 0 Å². The predicted octanol–water partition coefficient (Wildman–Crippen LogP) is 0.514. The molecule has 1 heterocycles. The smallest absolute Gasteiger partial charge is 0.383 e. The lowest BCUT2D eigenvalue weighted by Crippen LogP contribution is -2.33. The summed E-state index contributed by atoms with van der Waals surface area (Å²) in [7, 11) is 1.56. The zero-order valence-electron chi connectivity index (χ0n) is 10.2. The van der Waals surface area contributed by atoms with Gasteiger partial charge in [0.1, 0.15) is 11.3 Å². The number of carbonyl (C=O) groups excluding carboxylic acids is 3. The first-order valence-corrected chi connectivity index (χ1v) is 5.00. The summed E-state index contributed by atoms with van der Waals surface area (Å²) in [5, 5.41) is 0. The Balaban J connectivity index is 2.82. The number of rotatable bonds is 3. The monoisotopic (exact) mass is 238 g/mol. The van der Waals surface area contributed by atoms with E-state index in [9.17, 15) is 14.4 Å². The number of carbonyl (C=O) groups is 3. The summed E-state index contributed by atoms with van der Waals surface area (Å²) in [5.41, 5.74) is -0.750. The highest BCUT2D eigenvalue weighted by molar-refractivity contribution is 6.65. The molecule has 0 aliphatic heterocycles. The van der Waals surface area contributed by atoms with Crippen LogP contribution in [-0.4, -0.2) is 32.7 Å². The SMILES string of the molecule is Cn1cncc1C(=O)C(=O)C(=O)OC(C)(C)C. The van der Waals surface area contributed by atoms with Gasteiger partial charge in [-0.3, -0.25) is 9.59 Å². The number of aryl methyl sites for hydroxylation is 1. The number of hydrogen-bond donors (Lipinski definition) is 0. The van der Waals surface area contributed by atoms with Crippen molar-refractivity contribution in [3.8, 4) is 0 Å². The third-order valence-electron chi connectivity index (χ3n) is 1.84. The third-order valence-corrected chi connectivity index (χ3v) is 1.84. The van der Waals surface area contributed by atoms with Crippen LogP contribution in [0.15, 0.2) is 12.5 Å². The fraction of sp³-hybridized carbons (Fsp3) is 0.455. The van der Waals surface area contributed by atoms with Crippen LogP contribution in [0.25, 0.3) is 0 Å². The van der Waals surface area contributed by atoms with Gasteiger partial charge in [0.25, 0.3) is 5.78 Å². The molecule has 0 amide bonds. The minimum absolute atomic E-state index is 0.0564. The molecule has 0 radical (unpaired) electrons. The molecule has 92 valence electrons. The normalized spacial score (nSPS) is 11.1. The molecule has 0 aliphatic rings. The van der Waals surface area contributed by atoms with Crippen LogP contribution in [0, 0.1) is 0 Å². The van der Waals surface area contributed by atoms with Gasteiger partial charge in [0, 0.05) is 7.05 Å². The summed E-state index contributed by atoms with van der Waals surface area (Å²) < 4.78 is 6.19. The number of aromatic nitrogens is 2. The Kier molecular flexibility index (Phi) is 3.45. The summed E-state index contributed by atoms with van der Waals surface area (Å²) in [6.45, 7) is 4.85. The van der Waals surface area contributed by atoms with E-state index in [4.69, 9.17) is 4.74 Å². The largest absolute Gasteiger partial charge is 0.454 e. The lowest BCUT2D eigenvalue weighted by molar-refractivity contribution is -0.160. The Labute approximate surface area is 98.6 Å². The molecule has 1 aromatic heterocycles. The average Bonchev–Trinajstić information content (AvgIpc) is 2.59. The van der Waals surface area contributed by atoms with Crippen LogP contribution in [0.1, 0.15) is 31.3 Å². The molecule has 1 rings (SSSR count). The molecule has 1 aromatic rings. The second kappa shape index (κ2) is 4.48. The van der Waals surface area contributed by atoms with E-state index in [-0.39, 0.29) is 5.69 Å². The van der Waals surface area contributed by atoms with E-state index >= 15 is 0 Å². The summed E-state index contributed by atoms with van der Waals surface area (Å²) >= 11 is 0. The fourth-order valence-corrected chi connectivity index (χ4v) is 1.11. The Hall–Kier alpha value is -1.98. The second-order valence-electron chi connectivity index (χ2n) is 4.55. The molecule has 6 nitrogen and oxygen atoms in total. The average molecular weight is 238 g/mol. The van der Waals surface area contributed by atoms with E-state index in [1.807, 2.05) is 0 Å². The molecule has 0 saturated heterocycles. The number of Topliss-reactive ketones (excluding diaryl/α,β-unsaturated/α-hetero) is 2. The Morgan fingerprint density at radius 3 is 2.29 bits per heavy atom. The van der Waals surface area contributed by atoms with Gasteiger partial charge in [0.15, 0.2) is 0 Å². The number of nitrogens with zero attached hydrogens (tertiary/aromatic N) is 2. The number of ketones is 2. The summed E-state index contributed by atoms with van der Waals surface area (Å²) in [4.78, 5) is 38.2. The number of imidazole rings is 1. The van der Waals surface area contributed by atoms with Crippen LogP contribution >= 0.6 is 0 Å². The van der Waals surface area contributed by atoms with Crippen molar-refractivity contribution in [3.63, 3.8) is 0 Å². The second-order valence-corrected chi connectivity index (χ2v) is 4.55. The van der Waals surface area contributed by atoms with Crippen LogP contribution < -0.4 is 0 Å². The highest BCUT2D eigenvalue weighted by Crippen LogP contribution is 2.08. The fourth-order valence-electron chi connectivity index (χ4n) is 1.11. The van der Waals surface area contributed by atoms with E-state index in [0.29, 0.717) is 0 Å². The molecular formula is C11H14N2O4. The van der Waals surface area contributed by atoms with Gasteiger partial charge in [-0.2, -0.15) is 0 Å². The maximum Gasteiger partial charge on any atom is 0.383 e. The minimum Gasteiger partial charge on any atom is -0.454 e. The first-order valence-electron chi connectivity index (χ1n) is 5.00. The van der Waals surface area contributed by atoms with Gasteiger partial charge in [-0.1, -0.05) is 0 Å². The maximum atomic E-state index is 11.6. The quantitative estimate of drug-likeness (QED) is 0.332. The van der Waals surface area contributed by atoms with E-state index < -0.39 is 23.1 Å². The standard InChI is InChI=1S/C11H14N2O4/c1-11(2,3)17-10(16)9(15)8(14)7-5-12-6-13(7)4/h5-6H,1-4H3. The van der Waals surface area contributed by atoms with Gasteiger partial charge >= 0.3 is 11.8 Å². The number of ether oxygens (including phenoxy) is 1. The van der Waals surface area contributed by atoms with E-state index in [1.54, 1.807) is 27.8 Å². The minimum atomic E-state index is -1.19.